The van der Waals surface area contributed by atoms with Crippen LogP contribution in [0.1, 0.15) is 99.8 Å². The van der Waals surface area contributed by atoms with Crippen LogP contribution in [0, 0.1) is 11.8 Å². The second kappa shape index (κ2) is 24.4. The summed E-state index contributed by atoms with van der Waals surface area (Å²) >= 11 is 0. The number of rotatable bonds is 13. The van der Waals surface area contributed by atoms with Crippen molar-refractivity contribution >= 4 is 18.2 Å². The number of carbonyl (C=O) groups is 3. The summed E-state index contributed by atoms with van der Waals surface area (Å²) in [6.45, 7) is 12.4. The first-order chi connectivity index (χ1) is 29.7. The summed E-state index contributed by atoms with van der Waals surface area (Å²) in [7, 11) is 9.04. The number of ether oxygens (including phenoxy) is 9. The lowest BCUT2D eigenvalue weighted by Crippen LogP contribution is -2.65. The van der Waals surface area contributed by atoms with Gasteiger partial charge in [-0.05, 0) is 93.9 Å². The van der Waals surface area contributed by atoms with E-state index in [1.165, 1.54) is 14.0 Å². The number of aldehydes is 1. The highest BCUT2D eigenvalue weighted by molar-refractivity contribution is 5.72. The summed E-state index contributed by atoms with van der Waals surface area (Å²) in [5.41, 5.74) is -1.49. The average Bonchev–Trinajstić information content (AvgIpc) is 3.19. The maximum Gasteiger partial charge on any atom is 0.309 e. The fourth-order valence-corrected chi connectivity index (χ4v) is 9.44. The Labute approximate surface area is 374 Å². The molecule has 3 N–H and O–H groups in total. The van der Waals surface area contributed by atoms with E-state index in [1.807, 2.05) is 52.2 Å². The quantitative estimate of drug-likeness (QED) is 0.180. The number of allylic oxidation sites excluding steroid dienone is 2. The molecule has 19 atom stereocenters. The summed E-state index contributed by atoms with van der Waals surface area (Å²) in [4.78, 5) is 43.2. The number of methoxy groups -OCH3 is 1. The highest BCUT2D eigenvalue weighted by atomic mass is 16.7. The third kappa shape index (κ3) is 14.5. The number of esters is 2. The van der Waals surface area contributed by atoms with Crippen molar-refractivity contribution < 1.29 is 72.3 Å². The molecule has 362 valence electrons. The highest BCUT2D eigenvalue weighted by Crippen LogP contribution is 2.38. The van der Waals surface area contributed by atoms with Crippen molar-refractivity contribution in [3.05, 3.63) is 24.3 Å². The fourth-order valence-electron chi connectivity index (χ4n) is 9.44. The summed E-state index contributed by atoms with van der Waals surface area (Å²) in [5, 5.41) is 33.7. The standard InChI is InChI=1S/C46H78N2O15/c1-13-35(50)60-34-24-36(51)56-27(3)17-15-14-16-18-33(61-37-20-19-32(47(8)9)28(4)57-37)26(2)23-31(21-22-49)42(43(34)55-12)63-45-40(52)39(48(10)11)41(29(5)59-45)62-38-25-46(7,54)44(53)30(6)58-38/h14-16,18,22,26-34,37-45,52-54H,13,17,19-21,23-25H2,1-12H3/b15-14-,18-16-/t26-,27-,28-,29-,30+,31+,32+,33+,34-,37+,38+,39-,40-,41-,42+,43+,44+,45+,46-/m1/s1. The van der Waals surface area contributed by atoms with Gasteiger partial charge in [-0.3, -0.25) is 9.59 Å². The van der Waals surface area contributed by atoms with Gasteiger partial charge in [0.1, 0.15) is 42.9 Å². The molecule has 0 aliphatic carbocycles. The van der Waals surface area contributed by atoms with Crippen LogP contribution in [0.25, 0.3) is 0 Å². The van der Waals surface area contributed by atoms with Crippen molar-refractivity contribution in [2.75, 3.05) is 35.3 Å². The van der Waals surface area contributed by atoms with Gasteiger partial charge in [0, 0.05) is 38.8 Å². The van der Waals surface area contributed by atoms with E-state index in [-0.39, 0.29) is 43.7 Å². The first-order valence-electron chi connectivity index (χ1n) is 22.7. The lowest BCUT2D eigenvalue weighted by Gasteiger charge is -2.50. The monoisotopic (exact) mass is 899 g/mol. The summed E-state index contributed by atoms with van der Waals surface area (Å²) in [6.07, 6.45) is -1.76. The normalized spacial score (nSPS) is 43.5. The first kappa shape index (κ1) is 53.2. The Morgan fingerprint density at radius 2 is 1.60 bits per heavy atom. The van der Waals surface area contributed by atoms with Crippen molar-refractivity contribution in [2.45, 2.75) is 204 Å². The predicted molar refractivity (Wildman–Crippen MR) is 231 cm³/mol. The minimum Gasteiger partial charge on any atom is -0.462 e. The van der Waals surface area contributed by atoms with Gasteiger partial charge in [0.25, 0.3) is 0 Å². The van der Waals surface area contributed by atoms with Gasteiger partial charge in [-0.25, -0.2) is 0 Å². The van der Waals surface area contributed by atoms with E-state index >= 15 is 0 Å². The summed E-state index contributed by atoms with van der Waals surface area (Å²) < 4.78 is 56.7. The predicted octanol–water partition coefficient (Wildman–Crippen LogP) is 3.29. The molecule has 0 radical (unpaired) electrons. The number of aliphatic hydroxyl groups excluding tert-OH is 2. The second-order valence-corrected chi connectivity index (χ2v) is 18.6. The highest BCUT2D eigenvalue weighted by Gasteiger charge is 2.52. The fraction of sp³-hybridized carbons (Fsp3) is 0.848. The third-order valence-corrected chi connectivity index (χ3v) is 12.9. The lowest BCUT2D eigenvalue weighted by molar-refractivity contribution is -0.344. The van der Waals surface area contributed by atoms with Crippen LogP contribution in [0.5, 0.6) is 0 Å². The molecule has 4 heterocycles. The van der Waals surface area contributed by atoms with E-state index in [9.17, 15) is 29.7 Å². The minimum absolute atomic E-state index is 0.0117. The van der Waals surface area contributed by atoms with E-state index < -0.39 is 109 Å². The van der Waals surface area contributed by atoms with Crippen LogP contribution >= 0.6 is 0 Å². The molecule has 0 bridgehead atoms. The topological polar surface area (TPSA) is 201 Å². The molecule has 3 saturated heterocycles. The molecule has 0 aromatic rings. The van der Waals surface area contributed by atoms with Crippen LogP contribution in [0.4, 0.5) is 0 Å². The zero-order valence-electron chi connectivity index (χ0n) is 39.6. The Hall–Kier alpha value is -2.39. The van der Waals surface area contributed by atoms with Crippen LogP contribution in [0.2, 0.25) is 0 Å². The van der Waals surface area contributed by atoms with Gasteiger partial charge >= 0.3 is 11.9 Å². The maximum absolute atomic E-state index is 13.5. The van der Waals surface area contributed by atoms with Crippen molar-refractivity contribution in [3.63, 3.8) is 0 Å². The third-order valence-electron chi connectivity index (χ3n) is 12.9. The van der Waals surface area contributed by atoms with Crippen molar-refractivity contribution in [3.8, 4) is 0 Å². The Morgan fingerprint density at radius 3 is 2.21 bits per heavy atom. The smallest absolute Gasteiger partial charge is 0.309 e. The number of likely N-dealkylation sites (N-methyl/N-ethyl adjacent to an activating group) is 2. The Morgan fingerprint density at radius 1 is 0.905 bits per heavy atom. The molecule has 17 heteroatoms. The molecule has 0 aromatic heterocycles. The van der Waals surface area contributed by atoms with Crippen LogP contribution in [-0.2, 0) is 57.0 Å². The Balaban J connectivity index is 1.74. The molecule has 17 nitrogen and oxygen atoms in total. The molecule has 4 aliphatic heterocycles. The number of aliphatic hydroxyl groups is 3. The van der Waals surface area contributed by atoms with Crippen molar-refractivity contribution in [1.29, 1.82) is 0 Å². The van der Waals surface area contributed by atoms with Gasteiger partial charge in [0.05, 0.1) is 48.6 Å². The molecule has 4 rings (SSSR count). The molecule has 0 saturated carbocycles. The molecular formula is C46H78N2O15. The van der Waals surface area contributed by atoms with E-state index in [0.717, 1.165) is 12.7 Å². The Bertz CT molecular complexity index is 1490. The minimum atomic E-state index is -1.49. The molecule has 63 heavy (non-hydrogen) atoms. The van der Waals surface area contributed by atoms with Gasteiger partial charge in [-0.1, -0.05) is 38.2 Å². The zero-order valence-corrected chi connectivity index (χ0v) is 39.6. The van der Waals surface area contributed by atoms with Gasteiger partial charge < -0.3 is 72.5 Å². The van der Waals surface area contributed by atoms with Gasteiger partial charge in [0.15, 0.2) is 18.9 Å². The number of cyclic esters (lactones) is 1. The van der Waals surface area contributed by atoms with Gasteiger partial charge in [0.2, 0.25) is 0 Å². The van der Waals surface area contributed by atoms with Gasteiger partial charge in [-0.15, -0.1) is 0 Å². The van der Waals surface area contributed by atoms with E-state index in [2.05, 4.69) is 4.90 Å². The molecule has 0 aromatic carbocycles. The number of nitrogens with zero attached hydrogens (tertiary/aromatic N) is 2. The number of hydrogen-bond donors (Lipinski definition) is 3. The number of hydrogen-bond acceptors (Lipinski definition) is 17. The molecule has 0 spiro atoms. The van der Waals surface area contributed by atoms with Crippen LogP contribution in [0.15, 0.2) is 24.3 Å². The van der Waals surface area contributed by atoms with Crippen molar-refractivity contribution in [2.24, 2.45) is 11.8 Å². The van der Waals surface area contributed by atoms with Crippen LogP contribution in [0.3, 0.4) is 0 Å². The average molecular weight is 899 g/mol. The largest absolute Gasteiger partial charge is 0.462 e. The second-order valence-electron chi connectivity index (χ2n) is 18.6. The summed E-state index contributed by atoms with van der Waals surface area (Å²) in [6, 6.07) is -0.510. The molecule has 0 amide bonds. The summed E-state index contributed by atoms with van der Waals surface area (Å²) in [5.74, 6) is -2.12. The van der Waals surface area contributed by atoms with E-state index in [0.29, 0.717) is 19.3 Å². The van der Waals surface area contributed by atoms with Crippen molar-refractivity contribution in [1.82, 2.24) is 9.80 Å². The lowest BCUT2D eigenvalue weighted by atomic mass is 9.82. The molecule has 0 unspecified atom stereocenters. The van der Waals surface area contributed by atoms with E-state index in [1.54, 1.807) is 46.7 Å². The van der Waals surface area contributed by atoms with Crippen LogP contribution in [-0.4, -0.2) is 182 Å². The zero-order chi connectivity index (χ0) is 46.8. The Kier molecular flexibility index (Phi) is 20.6. The van der Waals surface area contributed by atoms with Gasteiger partial charge in [-0.2, -0.15) is 0 Å². The first-order valence-corrected chi connectivity index (χ1v) is 22.7. The van der Waals surface area contributed by atoms with Crippen LogP contribution < -0.4 is 0 Å². The SMILES string of the molecule is CCC(=O)O[C@@H]1CC(=O)O[C@H](C)C/C=C\C=C/[C@H](O[C@H]2CC[C@H](N(C)C)[C@@H](C)O2)[C@H](C)C[C@H](CC=O)[C@H](O[C@@H]2O[C@H](C)[C@@H](O[C@H]3C[C@@](C)(O)[C@@H](O)[C@H](C)O3)[C@H](N(C)C)[C@H]2O)[C@H]1OC. The number of carbonyl (C=O) groups excluding carboxylic acids is 3. The van der Waals surface area contributed by atoms with E-state index in [4.69, 9.17) is 42.6 Å². The molecular weight excluding hydrogens is 821 g/mol. The molecule has 4 aliphatic rings. The maximum atomic E-state index is 13.5. The molecule has 3 fully saturated rings.